The van der Waals surface area contributed by atoms with E-state index in [0.29, 0.717) is 0 Å². The van der Waals surface area contributed by atoms with Gasteiger partial charge in [-0.15, -0.1) is 0 Å². The molecule has 2 rings (SSSR count). The Kier molecular flexibility index (Phi) is 3.40. The van der Waals surface area contributed by atoms with E-state index < -0.39 is 17.6 Å². The largest absolute Gasteiger partial charge is 0.496 e. The second-order valence-corrected chi connectivity index (χ2v) is 6.40. The monoisotopic (exact) mass is 264 g/mol. The predicted octanol–water partition coefficient (Wildman–Crippen LogP) is 3.23. The number of benzene rings is 1. The molecule has 0 bridgehead atoms. The second-order valence-electron chi connectivity index (χ2n) is 6.40. The highest BCUT2D eigenvalue weighted by atomic mass is 16.5. The zero-order valence-corrected chi connectivity index (χ0v) is 12.6. The quantitative estimate of drug-likeness (QED) is 0.862. The van der Waals surface area contributed by atoms with E-state index in [1.54, 1.807) is 7.11 Å². The molecule has 1 aromatic rings. The molecule has 1 aromatic carbocycles. The summed E-state index contributed by atoms with van der Waals surface area (Å²) < 4.78 is 5.42. The van der Waals surface area contributed by atoms with E-state index in [9.17, 15) is 10.2 Å². The highest BCUT2D eigenvalue weighted by Crippen LogP contribution is 2.56. The lowest BCUT2D eigenvalue weighted by atomic mass is 9.84. The summed E-state index contributed by atoms with van der Waals surface area (Å²) in [6, 6.07) is 2.00. The minimum Gasteiger partial charge on any atom is -0.496 e. The molecule has 0 radical (unpaired) electrons. The fourth-order valence-corrected chi connectivity index (χ4v) is 3.06. The van der Waals surface area contributed by atoms with Crippen molar-refractivity contribution in [2.75, 3.05) is 7.11 Å². The number of aliphatic hydroxyl groups is 2. The molecule has 2 N–H and O–H groups in total. The van der Waals surface area contributed by atoms with Crippen LogP contribution in [0.4, 0.5) is 0 Å². The Morgan fingerprint density at radius 3 is 2.16 bits per heavy atom. The topological polar surface area (TPSA) is 49.7 Å². The first-order valence-corrected chi connectivity index (χ1v) is 6.80. The Hall–Kier alpha value is -1.06. The van der Waals surface area contributed by atoms with E-state index in [1.807, 2.05) is 26.8 Å². The second kappa shape index (κ2) is 4.50. The average molecular weight is 264 g/mol. The van der Waals surface area contributed by atoms with Crippen molar-refractivity contribution in [3.63, 3.8) is 0 Å². The molecule has 3 heteroatoms. The van der Waals surface area contributed by atoms with Crippen LogP contribution in [-0.2, 0) is 0 Å². The summed E-state index contributed by atoms with van der Waals surface area (Å²) >= 11 is 0. The molecular formula is C16H24O3. The number of rotatable bonds is 2. The number of aliphatic hydroxyl groups excluding tert-OH is 2. The van der Waals surface area contributed by atoms with Crippen molar-refractivity contribution in [2.45, 2.75) is 52.7 Å². The molecule has 0 amide bonds. The summed E-state index contributed by atoms with van der Waals surface area (Å²) in [5.41, 5.74) is 3.17. The van der Waals surface area contributed by atoms with Crippen LogP contribution in [0.5, 0.6) is 5.75 Å². The number of fused-ring (bicyclic) bond motifs is 1. The van der Waals surface area contributed by atoms with Gasteiger partial charge in [-0.1, -0.05) is 27.7 Å². The lowest BCUT2D eigenvalue weighted by Gasteiger charge is -2.27. The molecular weight excluding hydrogens is 240 g/mol. The molecule has 19 heavy (non-hydrogen) atoms. The number of ether oxygens (including phenoxy) is 1. The van der Waals surface area contributed by atoms with Gasteiger partial charge in [-0.05, 0) is 41.2 Å². The summed E-state index contributed by atoms with van der Waals surface area (Å²) in [7, 11) is 1.64. The fourth-order valence-electron chi connectivity index (χ4n) is 3.06. The highest BCUT2D eigenvalue weighted by molar-refractivity contribution is 5.55. The van der Waals surface area contributed by atoms with Crippen molar-refractivity contribution in [3.05, 3.63) is 28.3 Å². The summed E-state index contributed by atoms with van der Waals surface area (Å²) in [5.74, 6) is 1.06. The summed E-state index contributed by atoms with van der Waals surface area (Å²) in [5, 5.41) is 21.2. The Labute approximate surface area is 115 Å². The van der Waals surface area contributed by atoms with Crippen LogP contribution < -0.4 is 4.74 Å². The van der Waals surface area contributed by atoms with Crippen LogP contribution >= 0.6 is 0 Å². The highest BCUT2D eigenvalue weighted by Gasteiger charge is 2.48. The standard InChI is InChI=1S/C16H24O3/c1-8(2)10-7-11(19-6)9(3)12-13(10)15(18)16(4,5)14(12)17/h7-8,14-15,17-18H,1-6H3/t14-,15-/m0/s1. The van der Waals surface area contributed by atoms with Gasteiger partial charge in [-0.25, -0.2) is 0 Å². The van der Waals surface area contributed by atoms with Crippen molar-refractivity contribution < 1.29 is 14.9 Å². The van der Waals surface area contributed by atoms with Gasteiger partial charge in [0.2, 0.25) is 0 Å². The smallest absolute Gasteiger partial charge is 0.122 e. The zero-order valence-electron chi connectivity index (χ0n) is 12.6. The molecule has 106 valence electrons. The molecule has 0 saturated heterocycles. The van der Waals surface area contributed by atoms with Gasteiger partial charge in [-0.3, -0.25) is 0 Å². The van der Waals surface area contributed by atoms with Gasteiger partial charge < -0.3 is 14.9 Å². The van der Waals surface area contributed by atoms with Crippen molar-refractivity contribution in [3.8, 4) is 5.75 Å². The summed E-state index contributed by atoms with van der Waals surface area (Å²) in [6.07, 6.45) is -1.30. The minimum absolute atomic E-state index is 0.277. The lowest BCUT2D eigenvalue weighted by Crippen LogP contribution is -2.22. The van der Waals surface area contributed by atoms with Crippen LogP contribution in [0.25, 0.3) is 0 Å². The Balaban J connectivity index is 2.79. The van der Waals surface area contributed by atoms with E-state index in [0.717, 1.165) is 28.0 Å². The molecule has 0 aliphatic heterocycles. The van der Waals surface area contributed by atoms with E-state index in [4.69, 9.17) is 4.74 Å². The van der Waals surface area contributed by atoms with Gasteiger partial charge in [0.05, 0.1) is 19.3 Å². The molecule has 2 atom stereocenters. The molecule has 0 spiro atoms. The zero-order chi connectivity index (χ0) is 14.5. The molecule has 0 fully saturated rings. The average Bonchev–Trinajstić information content (AvgIpc) is 2.52. The van der Waals surface area contributed by atoms with Crippen LogP contribution in [0.3, 0.4) is 0 Å². The van der Waals surface area contributed by atoms with E-state index in [2.05, 4.69) is 13.8 Å². The van der Waals surface area contributed by atoms with Crippen LogP contribution in [0.15, 0.2) is 6.07 Å². The molecule has 0 saturated carbocycles. The lowest BCUT2D eigenvalue weighted by molar-refractivity contribution is -0.0280. The normalized spacial score (nSPS) is 24.7. The third kappa shape index (κ3) is 1.87. The van der Waals surface area contributed by atoms with Crippen LogP contribution in [0.1, 0.15) is 68.1 Å². The van der Waals surface area contributed by atoms with Gasteiger partial charge in [0, 0.05) is 5.41 Å². The van der Waals surface area contributed by atoms with Crippen molar-refractivity contribution in [1.29, 1.82) is 0 Å². The maximum Gasteiger partial charge on any atom is 0.122 e. The van der Waals surface area contributed by atoms with Gasteiger partial charge >= 0.3 is 0 Å². The fraction of sp³-hybridized carbons (Fsp3) is 0.625. The predicted molar refractivity (Wildman–Crippen MR) is 75.5 cm³/mol. The first-order chi connectivity index (χ1) is 8.73. The third-order valence-electron chi connectivity index (χ3n) is 4.46. The maximum absolute atomic E-state index is 10.6. The molecule has 1 aliphatic rings. The molecule has 3 nitrogen and oxygen atoms in total. The molecule has 0 unspecified atom stereocenters. The Bertz CT molecular complexity index is 503. The van der Waals surface area contributed by atoms with Crippen LogP contribution in [0, 0.1) is 12.3 Å². The Morgan fingerprint density at radius 2 is 1.68 bits per heavy atom. The van der Waals surface area contributed by atoms with Gasteiger partial charge in [0.15, 0.2) is 0 Å². The first kappa shape index (κ1) is 14.4. The van der Waals surface area contributed by atoms with E-state index >= 15 is 0 Å². The SMILES string of the molecule is COc1cc(C(C)C)c2c(c1C)[C@H](O)C(C)(C)[C@H]2O. The van der Waals surface area contributed by atoms with E-state index in [-0.39, 0.29) is 5.92 Å². The summed E-state index contributed by atoms with van der Waals surface area (Å²) in [4.78, 5) is 0. The van der Waals surface area contributed by atoms with Crippen molar-refractivity contribution in [2.24, 2.45) is 5.41 Å². The van der Waals surface area contributed by atoms with Crippen LogP contribution in [0.2, 0.25) is 0 Å². The Morgan fingerprint density at radius 1 is 1.16 bits per heavy atom. The molecule has 0 heterocycles. The van der Waals surface area contributed by atoms with Crippen LogP contribution in [-0.4, -0.2) is 17.3 Å². The summed E-state index contributed by atoms with van der Waals surface area (Å²) in [6.45, 7) is 9.93. The number of hydrogen-bond acceptors (Lipinski definition) is 3. The maximum atomic E-state index is 10.6. The number of methoxy groups -OCH3 is 1. The van der Waals surface area contributed by atoms with Crippen molar-refractivity contribution in [1.82, 2.24) is 0 Å². The van der Waals surface area contributed by atoms with Crippen molar-refractivity contribution >= 4 is 0 Å². The first-order valence-electron chi connectivity index (χ1n) is 6.80. The van der Waals surface area contributed by atoms with Gasteiger partial charge in [-0.2, -0.15) is 0 Å². The minimum atomic E-state index is -0.662. The van der Waals surface area contributed by atoms with Gasteiger partial charge in [0.1, 0.15) is 5.75 Å². The molecule has 1 aliphatic carbocycles. The van der Waals surface area contributed by atoms with Gasteiger partial charge in [0.25, 0.3) is 0 Å². The van der Waals surface area contributed by atoms with E-state index in [1.165, 1.54) is 0 Å². The molecule has 0 aromatic heterocycles. The number of hydrogen-bond donors (Lipinski definition) is 2. The third-order valence-corrected chi connectivity index (χ3v) is 4.46.